The first kappa shape index (κ1) is 16.2. The molecule has 2 fully saturated rings. The molecule has 1 unspecified atom stereocenters. The molecule has 0 aromatic rings. The number of nitrogens with zero attached hydrogens (tertiary/aromatic N) is 1. The average Bonchev–Trinajstić information content (AvgIpc) is 2.45. The molecule has 2 N–H and O–H groups in total. The summed E-state index contributed by atoms with van der Waals surface area (Å²) in [5.41, 5.74) is 0. The Balaban J connectivity index is 1.66. The van der Waals surface area contributed by atoms with Crippen LogP contribution in [0.15, 0.2) is 0 Å². The van der Waals surface area contributed by atoms with Crippen molar-refractivity contribution in [3.63, 3.8) is 0 Å². The lowest BCUT2D eigenvalue weighted by molar-refractivity contribution is 0.0365. The maximum atomic E-state index is 12.1. The zero-order valence-electron chi connectivity index (χ0n) is 12.3. The van der Waals surface area contributed by atoms with E-state index < -0.39 is 10.2 Å². The Labute approximate surface area is 122 Å². The van der Waals surface area contributed by atoms with Gasteiger partial charge in [0.25, 0.3) is 10.2 Å². The molecule has 0 saturated carbocycles. The van der Waals surface area contributed by atoms with Crippen LogP contribution in [0.4, 0.5) is 0 Å². The summed E-state index contributed by atoms with van der Waals surface area (Å²) in [6, 6.07) is 0. The molecule has 0 bridgehead atoms. The standard InChI is InChI=1S/C13H27N3O3S/c1-12-3-2-9-16(11-12)20(17,18)15-8-10-19-13-4-6-14-7-5-13/h12-15H,2-11H2,1H3. The number of piperidine rings is 2. The molecule has 2 aliphatic heterocycles. The lowest BCUT2D eigenvalue weighted by Crippen LogP contribution is -2.46. The Bertz CT molecular complexity index is 382. The van der Waals surface area contributed by atoms with Crippen molar-refractivity contribution in [2.24, 2.45) is 5.92 Å². The molecule has 6 nitrogen and oxygen atoms in total. The number of nitrogens with one attached hydrogen (secondary N) is 2. The summed E-state index contributed by atoms with van der Waals surface area (Å²) >= 11 is 0. The Morgan fingerprint density at radius 2 is 2.05 bits per heavy atom. The van der Waals surface area contributed by atoms with Crippen molar-refractivity contribution in [2.75, 3.05) is 39.3 Å². The van der Waals surface area contributed by atoms with Gasteiger partial charge >= 0.3 is 0 Å². The molecule has 0 spiro atoms. The molecule has 0 aromatic heterocycles. The molecule has 2 heterocycles. The fraction of sp³-hybridized carbons (Fsp3) is 1.00. The summed E-state index contributed by atoms with van der Waals surface area (Å²) in [4.78, 5) is 0. The van der Waals surface area contributed by atoms with Gasteiger partial charge < -0.3 is 10.1 Å². The maximum Gasteiger partial charge on any atom is 0.279 e. The van der Waals surface area contributed by atoms with Crippen LogP contribution in [0.5, 0.6) is 0 Å². The Morgan fingerprint density at radius 1 is 1.30 bits per heavy atom. The lowest BCUT2D eigenvalue weighted by Gasteiger charge is -2.30. The van der Waals surface area contributed by atoms with E-state index in [0.29, 0.717) is 32.2 Å². The van der Waals surface area contributed by atoms with Crippen molar-refractivity contribution < 1.29 is 13.2 Å². The minimum absolute atomic E-state index is 0.274. The fourth-order valence-electron chi connectivity index (χ4n) is 2.81. The smallest absolute Gasteiger partial charge is 0.279 e. The molecule has 0 aromatic carbocycles. The highest BCUT2D eigenvalue weighted by Gasteiger charge is 2.26. The number of hydrogen-bond donors (Lipinski definition) is 2. The highest BCUT2D eigenvalue weighted by atomic mass is 32.2. The van der Waals surface area contributed by atoms with Crippen LogP contribution >= 0.6 is 0 Å². The van der Waals surface area contributed by atoms with E-state index in [9.17, 15) is 8.42 Å². The normalized spacial score (nSPS) is 26.8. The van der Waals surface area contributed by atoms with Gasteiger partial charge in [0.15, 0.2) is 0 Å². The molecule has 0 amide bonds. The Kier molecular flexibility index (Phi) is 6.22. The number of ether oxygens (including phenoxy) is 1. The van der Waals surface area contributed by atoms with Crippen LogP contribution in [-0.2, 0) is 14.9 Å². The van der Waals surface area contributed by atoms with Crippen molar-refractivity contribution in [1.82, 2.24) is 14.3 Å². The molecule has 0 radical (unpaired) electrons. The van der Waals surface area contributed by atoms with Gasteiger partial charge in [0.05, 0.1) is 12.7 Å². The maximum absolute atomic E-state index is 12.1. The van der Waals surface area contributed by atoms with Crippen LogP contribution in [-0.4, -0.2) is 58.2 Å². The summed E-state index contributed by atoms with van der Waals surface area (Å²) in [6.07, 6.45) is 4.36. The average molecular weight is 305 g/mol. The van der Waals surface area contributed by atoms with Crippen molar-refractivity contribution in [3.05, 3.63) is 0 Å². The topological polar surface area (TPSA) is 70.7 Å². The van der Waals surface area contributed by atoms with Gasteiger partial charge in [0, 0.05) is 19.6 Å². The van der Waals surface area contributed by atoms with Crippen LogP contribution in [0.2, 0.25) is 0 Å². The quantitative estimate of drug-likeness (QED) is 0.694. The van der Waals surface area contributed by atoms with Crippen LogP contribution in [0, 0.1) is 5.92 Å². The van der Waals surface area contributed by atoms with Crippen molar-refractivity contribution in [1.29, 1.82) is 0 Å². The van der Waals surface area contributed by atoms with Crippen molar-refractivity contribution in [2.45, 2.75) is 38.7 Å². The molecular weight excluding hydrogens is 278 g/mol. The molecule has 7 heteroatoms. The predicted molar refractivity (Wildman–Crippen MR) is 78.7 cm³/mol. The van der Waals surface area contributed by atoms with E-state index in [2.05, 4.69) is 17.0 Å². The van der Waals surface area contributed by atoms with E-state index in [1.165, 1.54) is 0 Å². The van der Waals surface area contributed by atoms with Gasteiger partial charge in [-0.05, 0) is 44.7 Å². The van der Waals surface area contributed by atoms with Crippen LogP contribution in [0.3, 0.4) is 0 Å². The highest BCUT2D eigenvalue weighted by Crippen LogP contribution is 2.17. The second-order valence-corrected chi connectivity index (χ2v) is 7.58. The summed E-state index contributed by atoms with van der Waals surface area (Å²) in [6.45, 7) is 6.15. The molecule has 2 rings (SSSR count). The van der Waals surface area contributed by atoms with E-state index in [4.69, 9.17) is 4.74 Å². The molecule has 2 saturated heterocycles. The largest absolute Gasteiger partial charge is 0.377 e. The van der Waals surface area contributed by atoms with Gasteiger partial charge in [-0.25, -0.2) is 0 Å². The molecule has 0 aliphatic carbocycles. The summed E-state index contributed by atoms with van der Waals surface area (Å²) in [5, 5.41) is 3.28. The van der Waals surface area contributed by atoms with Crippen LogP contribution < -0.4 is 10.0 Å². The minimum Gasteiger partial charge on any atom is -0.377 e. The first-order chi connectivity index (χ1) is 9.58. The molecular formula is C13H27N3O3S. The van der Waals surface area contributed by atoms with Crippen molar-refractivity contribution in [3.8, 4) is 0 Å². The first-order valence-electron chi connectivity index (χ1n) is 7.65. The highest BCUT2D eigenvalue weighted by molar-refractivity contribution is 7.87. The third-order valence-electron chi connectivity index (χ3n) is 3.99. The van der Waals surface area contributed by atoms with E-state index in [-0.39, 0.29) is 6.10 Å². The van der Waals surface area contributed by atoms with Crippen molar-refractivity contribution >= 4 is 10.2 Å². The van der Waals surface area contributed by atoms with E-state index in [1.807, 2.05) is 0 Å². The molecule has 1 atom stereocenters. The number of hydrogen-bond acceptors (Lipinski definition) is 4. The second kappa shape index (κ2) is 7.70. The van der Waals surface area contributed by atoms with E-state index in [0.717, 1.165) is 38.8 Å². The zero-order chi connectivity index (χ0) is 14.4. The molecule has 2 aliphatic rings. The van der Waals surface area contributed by atoms with Gasteiger partial charge in [-0.1, -0.05) is 6.92 Å². The first-order valence-corrected chi connectivity index (χ1v) is 9.09. The van der Waals surface area contributed by atoms with Crippen LogP contribution in [0.25, 0.3) is 0 Å². The lowest BCUT2D eigenvalue weighted by atomic mass is 10.0. The summed E-state index contributed by atoms with van der Waals surface area (Å²) in [7, 11) is -3.33. The van der Waals surface area contributed by atoms with E-state index >= 15 is 0 Å². The van der Waals surface area contributed by atoms with Gasteiger partial charge in [-0.2, -0.15) is 17.4 Å². The Morgan fingerprint density at radius 3 is 2.75 bits per heavy atom. The SMILES string of the molecule is CC1CCCN(S(=O)(=O)NCCOC2CCNCC2)C1. The third-order valence-corrected chi connectivity index (χ3v) is 5.57. The van der Waals surface area contributed by atoms with E-state index in [1.54, 1.807) is 4.31 Å². The van der Waals surface area contributed by atoms with Crippen LogP contribution in [0.1, 0.15) is 32.6 Å². The number of rotatable bonds is 6. The summed E-state index contributed by atoms with van der Waals surface area (Å²) in [5.74, 6) is 0.450. The monoisotopic (exact) mass is 305 g/mol. The molecule has 118 valence electrons. The van der Waals surface area contributed by atoms with Gasteiger partial charge in [-0.15, -0.1) is 0 Å². The Hall–Kier alpha value is -0.210. The minimum atomic E-state index is -3.33. The third kappa shape index (κ3) is 4.96. The van der Waals surface area contributed by atoms with Gasteiger partial charge in [0.2, 0.25) is 0 Å². The summed E-state index contributed by atoms with van der Waals surface area (Å²) < 4.78 is 34.2. The van der Waals surface area contributed by atoms with Gasteiger partial charge in [0.1, 0.15) is 0 Å². The fourth-order valence-corrected chi connectivity index (χ4v) is 4.16. The second-order valence-electron chi connectivity index (χ2n) is 5.82. The molecule has 20 heavy (non-hydrogen) atoms. The zero-order valence-corrected chi connectivity index (χ0v) is 13.1. The van der Waals surface area contributed by atoms with Gasteiger partial charge in [-0.3, -0.25) is 0 Å². The predicted octanol–water partition coefficient (Wildman–Crippen LogP) is 0.321.